The van der Waals surface area contributed by atoms with Gasteiger partial charge in [0.25, 0.3) is 11.8 Å². The summed E-state index contributed by atoms with van der Waals surface area (Å²) in [7, 11) is 0. The van der Waals surface area contributed by atoms with Gasteiger partial charge in [-0.1, -0.05) is 60.5 Å². The van der Waals surface area contributed by atoms with Crippen LogP contribution in [0.25, 0.3) is 0 Å². The van der Waals surface area contributed by atoms with Gasteiger partial charge in [-0.15, -0.1) is 0 Å². The van der Waals surface area contributed by atoms with Crippen LogP contribution in [0.1, 0.15) is 31.2 Å². The molecule has 2 aliphatic rings. The highest BCUT2D eigenvalue weighted by Gasteiger charge is 2.42. The Bertz CT molecular complexity index is 898. The molecule has 2 heterocycles. The molecule has 2 aromatic carbocycles. The maximum absolute atomic E-state index is 13.4. The summed E-state index contributed by atoms with van der Waals surface area (Å²) in [6, 6.07) is 17.3. The molecule has 0 spiro atoms. The van der Waals surface area contributed by atoms with Crippen LogP contribution >= 0.6 is 11.8 Å². The standard InChI is InChI=1S/C23H24N2O2S/c1-17-11-13-19(14-12-17)28-21-20(24-15-7-2-3-8-16-24)22(26)25(23(21)27)18-9-5-4-6-10-18/h4-6,9-14H,2-3,7-8,15-16H2,1H3. The van der Waals surface area contributed by atoms with Crippen molar-refractivity contribution in [2.45, 2.75) is 37.5 Å². The van der Waals surface area contributed by atoms with Gasteiger partial charge in [-0.05, 0) is 44.0 Å². The minimum atomic E-state index is -0.221. The number of amides is 2. The summed E-state index contributed by atoms with van der Waals surface area (Å²) in [5.41, 5.74) is 2.37. The number of anilines is 1. The van der Waals surface area contributed by atoms with Crippen molar-refractivity contribution in [2.75, 3.05) is 18.0 Å². The highest BCUT2D eigenvalue weighted by atomic mass is 32.2. The Morgan fingerprint density at radius 1 is 0.786 bits per heavy atom. The van der Waals surface area contributed by atoms with Crippen LogP contribution in [-0.4, -0.2) is 29.8 Å². The Morgan fingerprint density at radius 3 is 2.07 bits per heavy atom. The Labute approximate surface area is 170 Å². The van der Waals surface area contributed by atoms with Crippen LogP contribution in [0, 0.1) is 6.92 Å². The first kappa shape index (κ1) is 18.8. The highest BCUT2D eigenvalue weighted by Crippen LogP contribution is 2.39. The smallest absolute Gasteiger partial charge is 0.283 e. The van der Waals surface area contributed by atoms with Crippen molar-refractivity contribution in [3.05, 3.63) is 70.8 Å². The van der Waals surface area contributed by atoms with Gasteiger partial charge in [0.15, 0.2) is 0 Å². The maximum Gasteiger partial charge on any atom is 0.283 e. The summed E-state index contributed by atoms with van der Waals surface area (Å²) < 4.78 is 0. The summed E-state index contributed by atoms with van der Waals surface area (Å²) in [4.78, 5) is 31.7. The predicted octanol–water partition coefficient (Wildman–Crippen LogP) is 4.75. The first-order valence-corrected chi connectivity index (χ1v) is 10.6. The van der Waals surface area contributed by atoms with Gasteiger partial charge < -0.3 is 4.90 Å². The summed E-state index contributed by atoms with van der Waals surface area (Å²) in [6.07, 6.45) is 4.46. The number of hydrogen-bond donors (Lipinski definition) is 0. The Kier molecular flexibility index (Phi) is 5.53. The van der Waals surface area contributed by atoms with E-state index in [4.69, 9.17) is 0 Å². The number of para-hydroxylation sites is 1. The number of nitrogens with zero attached hydrogens (tertiary/aromatic N) is 2. The van der Waals surface area contributed by atoms with Crippen LogP contribution in [0.5, 0.6) is 0 Å². The third-order valence-corrected chi connectivity index (χ3v) is 6.28. The molecular formula is C23H24N2O2S. The molecule has 0 aromatic heterocycles. The summed E-state index contributed by atoms with van der Waals surface area (Å²) in [6.45, 7) is 3.70. The van der Waals surface area contributed by atoms with Crippen LogP contribution in [-0.2, 0) is 9.59 Å². The highest BCUT2D eigenvalue weighted by molar-refractivity contribution is 8.04. The van der Waals surface area contributed by atoms with Gasteiger partial charge in [-0.25, -0.2) is 4.90 Å². The second-order valence-electron chi connectivity index (χ2n) is 7.28. The summed E-state index contributed by atoms with van der Waals surface area (Å²) in [5.74, 6) is -0.422. The van der Waals surface area contributed by atoms with Gasteiger partial charge in [0.2, 0.25) is 0 Å². The predicted molar refractivity (Wildman–Crippen MR) is 113 cm³/mol. The first-order chi connectivity index (χ1) is 13.6. The fourth-order valence-corrected chi connectivity index (χ4v) is 4.70. The fourth-order valence-electron chi connectivity index (χ4n) is 3.70. The lowest BCUT2D eigenvalue weighted by Crippen LogP contribution is -2.35. The molecule has 4 nitrogen and oxygen atoms in total. The molecule has 0 unspecified atom stereocenters. The van der Waals surface area contributed by atoms with Gasteiger partial charge >= 0.3 is 0 Å². The molecule has 2 aliphatic heterocycles. The third kappa shape index (κ3) is 3.72. The van der Waals surface area contributed by atoms with Gasteiger partial charge in [0, 0.05) is 18.0 Å². The molecule has 1 fully saturated rings. The van der Waals surface area contributed by atoms with E-state index in [-0.39, 0.29) is 11.8 Å². The quantitative estimate of drug-likeness (QED) is 0.704. The molecule has 0 atom stereocenters. The monoisotopic (exact) mass is 392 g/mol. The van der Waals surface area contributed by atoms with Crippen LogP contribution in [0.4, 0.5) is 5.69 Å². The molecule has 0 aliphatic carbocycles. The van der Waals surface area contributed by atoms with Gasteiger partial charge in [-0.2, -0.15) is 0 Å². The number of imide groups is 1. The Balaban J connectivity index is 1.73. The minimum Gasteiger partial charge on any atom is -0.366 e. The zero-order valence-corrected chi connectivity index (χ0v) is 16.9. The van der Waals surface area contributed by atoms with E-state index >= 15 is 0 Å². The van der Waals surface area contributed by atoms with Crippen LogP contribution in [0.2, 0.25) is 0 Å². The lowest BCUT2D eigenvalue weighted by Gasteiger charge is -2.24. The van der Waals surface area contributed by atoms with E-state index in [0.717, 1.165) is 30.8 Å². The van der Waals surface area contributed by atoms with Crippen LogP contribution in [0.15, 0.2) is 70.1 Å². The number of aryl methyl sites for hydroxylation is 1. The van der Waals surface area contributed by atoms with Crippen molar-refractivity contribution in [1.82, 2.24) is 4.90 Å². The number of hydrogen-bond acceptors (Lipinski definition) is 4. The van der Waals surface area contributed by atoms with Crippen molar-refractivity contribution in [2.24, 2.45) is 0 Å². The van der Waals surface area contributed by atoms with E-state index in [1.54, 1.807) is 0 Å². The number of carbonyl (C=O) groups excluding carboxylic acids is 2. The maximum atomic E-state index is 13.4. The Hall–Kier alpha value is -2.53. The van der Waals surface area contributed by atoms with Crippen LogP contribution in [0.3, 0.4) is 0 Å². The second-order valence-corrected chi connectivity index (χ2v) is 8.36. The molecule has 4 rings (SSSR count). The SMILES string of the molecule is Cc1ccc(SC2=C(N3CCCCCC3)C(=O)N(c3ccccc3)C2=O)cc1. The van der Waals surface area contributed by atoms with Crippen molar-refractivity contribution < 1.29 is 9.59 Å². The first-order valence-electron chi connectivity index (χ1n) is 9.83. The molecule has 2 aromatic rings. The molecule has 0 radical (unpaired) electrons. The lowest BCUT2D eigenvalue weighted by molar-refractivity contribution is -0.121. The molecule has 28 heavy (non-hydrogen) atoms. The zero-order chi connectivity index (χ0) is 19.5. The van der Waals surface area contributed by atoms with E-state index < -0.39 is 0 Å². The summed E-state index contributed by atoms with van der Waals surface area (Å²) >= 11 is 1.40. The third-order valence-electron chi connectivity index (χ3n) is 5.20. The molecule has 2 amide bonds. The molecule has 144 valence electrons. The number of thioether (sulfide) groups is 1. The van der Waals surface area contributed by atoms with E-state index in [2.05, 4.69) is 4.90 Å². The van der Waals surface area contributed by atoms with Crippen molar-refractivity contribution >= 4 is 29.3 Å². The number of carbonyl (C=O) groups is 2. The molecule has 1 saturated heterocycles. The van der Waals surface area contributed by atoms with E-state index in [0.29, 0.717) is 16.3 Å². The average Bonchev–Trinajstić information content (AvgIpc) is 2.88. The van der Waals surface area contributed by atoms with Gasteiger partial charge in [0.1, 0.15) is 10.6 Å². The number of rotatable bonds is 4. The Morgan fingerprint density at radius 2 is 1.43 bits per heavy atom. The van der Waals surface area contributed by atoms with Crippen LogP contribution < -0.4 is 4.90 Å². The molecule has 0 bridgehead atoms. The lowest BCUT2D eigenvalue weighted by atomic mass is 10.2. The molecule has 5 heteroatoms. The van der Waals surface area contributed by atoms with Crippen molar-refractivity contribution in [3.63, 3.8) is 0 Å². The average molecular weight is 393 g/mol. The molecule has 0 N–H and O–H groups in total. The van der Waals surface area contributed by atoms with Gasteiger partial charge in [-0.3, -0.25) is 9.59 Å². The van der Waals surface area contributed by atoms with E-state index in [1.165, 1.54) is 35.1 Å². The number of benzene rings is 2. The largest absolute Gasteiger partial charge is 0.366 e. The number of likely N-dealkylation sites (tertiary alicyclic amines) is 1. The van der Waals surface area contributed by atoms with Gasteiger partial charge in [0.05, 0.1) is 5.69 Å². The molecule has 0 saturated carbocycles. The van der Waals surface area contributed by atoms with E-state index in [1.807, 2.05) is 61.5 Å². The minimum absolute atomic E-state index is 0.201. The fraction of sp³-hybridized carbons (Fsp3) is 0.304. The van der Waals surface area contributed by atoms with E-state index in [9.17, 15) is 9.59 Å². The zero-order valence-electron chi connectivity index (χ0n) is 16.1. The molecular weight excluding hydrogens is 368 g/mol. The van der Waals surface area contributed by atoms with Crippen molar-refractivity contribution in [1.29, 1.82) is 0 Å². The second kappa shape index (κ2) is 8.23. The summed E-state index contributed by atoms with van der Waals surface area (Å²) in [5, 5.41) is 0. The van der Waals surface area contributed by atoms with Crippen molar-refractivity contribution in [3.8, 4) is 0 Å². The normalized spacial score (nSPS) is 18.0. The topological polar surface area (TPSA) is 40.6 Å².